The van der Waals surface area contributed by atoms with Crippen molar-refractivity contribution in [2.45, 2.75) is 44.6 Å². The van der Waals surface area contributed by atoms with Crippen molar-refractivity contribution >= 4 is 23.2 Å². The normalized spacial score (nSPS) is 21.9. The smallest absolute Gasteiger partial charge is 0.359 e. The van der Waals surface area contributed by atoms with Crippen molar-refractivity contribution in [3.8, 4) is 0 Å². The van der Waals surface area contributed by atoms with Gasteiger partial charge in [-0.15, -0.1) is 5.10 Å². The Labute approximate surface area is 205 Å². The van der Waals surface area contributed by atoms with Gasteiger partial charge in [0, 0.05) is 24.6 Å². The predicted octanol–water partition coefficient (Wildman–Crippen LogP) is 3.33. The van der Waals surface area contributed by atoms with E-state index in [2.05, 4.69) is 20.2 Å². The van der Waals surface area contributed by atoms with E-state index in [9.17, 15) is 14.0 Å². The van der Waals surface area contributed by atoms with Crippen LogP contribution in [-0.4, -0.2) is 55.3 Å². The molecule has 2 aromatic rings. The maximum Gasteiger partial charge on any atom is 0.359 e. The lowest BCUT2D eigenvalue weighted by molar-refractivity contribution is -0.146. The van der Waals surface area contributed by atoms with Crippen molar-refractivity contribution in [3.63, 3.8) is 0 Å². The number of hydrazone groups is 1. The average Bonchev–Trinajstić information content (AvgIpc) is 3.14. The topological polar surface area (TPSA) is 102 Å². The SMILES string of the molecule is Cn1ncnc1C1C2=NCC(=O)C=C3C2=C(CC1c1ccc(F)cc1)C(C(=O)OC(C)(C)C)=NN3F. The number of benzene rings is 1. The Balaban J connectivity index is 1.75. The minimum atomic E-state index is -0.843. The van der Waals surface area contributed by atoms with E-state index in [1.54, 1.807) is 44.6 Å². The van der Waals surface area contributed by atoms with Crippen molar-refractivity contribution in [2.75, 3.05) is 6.54 Å². The third kappa shape index (κ3) is 4.14. The van der Waals surface area contributed by atoms with Crippen LogP contribution in [0.4, 0.5) is 8.87 Å². The summed E-state index contributed by atoms with van der Waals surface area (Å²) >= 11 is 0. The number of ketones is 1. The number of allylic oxidation sites excluding steroid dienone is 1. The van der Waals surface area contributed by atoms with Crippen LogP contribution in [0.3, 0.4) is 0 Å². The van der Waals surface area contributed by atoms with Gasteiger partial charge >= 0.3 is 5.97 Å². The molecule has 186 valence electrons. The number of hydrogen-bond donors (Lipinski definition) is 0. The van der Waals surface area contributed by atoms with Crippen LogP contribution in [0.5, 0.6) is 0 Å². The van der Waals surface area contributed by atoms with Crippen molar-refractivity contribution in [3.05, 3.63) is 70.7 Å². The highest BCUT2D eigenvalue weighted by atomic mass is 19.2. The van der Waals surface area contributed by atoms with Gasteiger partial charge in [-0.3, -0.25) is 14.5 Å². The van der Waals surface area contributed by atoms with Gasteiger partial charge in [-0.2, -0.15) is 5.10 Å². The summed E-state index contributed by atoms with van der Waals surface area (Å²) in [5.41, 5.74) is 0.720. The lowest BCUT2D eigenvalue weighted by atomic mass is 9.69. The molecule has 3 aliphatic rings. The Kier molecular flexibility index (Phi) is 5.65. The van der Waals surface area contributed by atoms with Crippen LogP contribution >= 0.6 is 0 Å². The van der Waals surface area contributed by atoms with E-state index in [4.69, 9.17) is 4.74 Å². The summed E-state index contributed by atoms with van der Waals surface area (Å²) in [5, 5.41) is 8.10. The summed E-state index contributed by atoms with van der Waals surface area (Å²) < 4.78 is 36.2. The minimum Gasteiger partial charge on any atom is -0.455 e. The van der Waals surface area contributed by atoms with Crippen LogP contribution < -0.4 is 0 Å². The molecule has 0 radical (unpaired) electrons. The molecule has 0 bridgehead atoms. The second-order valence-corrected chi connectivity index (χ2v) is 9.84. The molecule has 1 aromatic carbocycles. The molecular formula is C25H24F2N6O3. The molecule has 0 saturated heterocycles. The van der Waals surface area contributed by atoms with Gasteiger partial charge in [-0.1, -0.05) is 21.8 Å². The number of hydrogen-bond acceptors (Lipinski definition) is 8. The summed E-state index contributed by atoms with van der Waals surface area (Å²) in [5.74, 6) is -2.00. The number of aryl methyl sites for hydroxylation is 1. The number of carbonyl (C=O) groups excluding carboxylic acids is 2. The van der Waals surface area contributed by atoms with E-state index in [1.807, 2.05) is 0 Å². The predicted molar refractivity (Wildman–Crippen MR) is 126 cm³/mol. The minimum absolute atomic E-state index is 0.0305. The molecule has 36 heavy (non-hydrogen) atoms. The van der Waals surface area contributed by atoms with E-state index in [0.717, 1.165) is 11.6 Å². The molecule has 0 N–H and O–H groups in total. The van der Waals surface area contributed by atoms with E-state index in [-0.39, 0.29) is 35.5 Å². The number of aliphatic imine (C=N–C) groups is 1. The van der Waals surface area contributed by atoms with Gasteiger partial charge in [0.05, 0.1) is 11.6 Å². The van der Waals surface area contributed by atoms with Gasteiger partial charge in [-0.25, -0.2) is 14.2 Å². The summed E-state index contributed by atoms with van der Waals surface area (Å²) in [6.45, 7) is 4.89. The van der Waals surface area contributed by atoms with Crippen molar-refractivity contribution in [1.82, 2.24) is 20.0 Å². The zero-order chi connectivity index (χ0) is 25.8. The average molecular weight is 495 g/mol. The number of halogens is 2. The standard InChI is InChI=1S/C25H24F2N6O3/c1-25(2,3)36-24(35)21-17-10-16(13-5-7-14(26)8-6-13)20(23-29-12-30-32(23)4)22-19(17)18(33(27)31-21)9-15(34)11-28-22/h5-9,12,16,20H,10-11H2,1-4H3. The molecule has 1 aromatic heterocycles. The number of aromatic nitrogens is 3. The molecule has 2 aliphatic heterocycles. The second-order valence-electron chi connectivity index (χ2n) is 9.84. The fourth-order valence-electron chi connectivity index (χ4n) is 4.80. The van der Waals surface area contributed by atoms with Crippen LogP contribution in [0, 0.1) is 5.82 Å². The molecule has 0 amide bonds. The van der Waals surface area contributed by atoms with Crippen LogP contribution in [0.1, 0.15) is 50.4 Å². The van der Waals surface area contributed by atoms with Gasteiger partial charge in [0.15, 0.2) is 11.5 Å². The van der Waals surface area contributed by atoms with Crippen molar-refractivity contribution in [2.24, 2.45) is 17.1 Å². The van der Waals surface area contributed by atoms with Gasteiger partial charge in [-0.05, 0) is 50.5 Å². The second kappa shape index (κ2) is 8.58. The fraction of sp³-hybridized carbons (Fsp3) is 0.360. The first-order valence-corrected chi connectivity index (χ1v) is 11.4. The Hall–Kier alpha value is -4.02. The molecule has 0 fully saturated rings. The molecule has 2 atom stereocenters. The lowest BCUT2D eigenvalue weighted by Gasteiger charge is -2.38. The molecule has 1 aliphatic carbocycles. The molecular weight excluding hydrogens is 470 g/mol. The molecule has 0 saturated carbocycles. The Morgan fingerprint density at radius 2 is 1.92 bits per heavy atom. The van der Waals surface area contributed by atoms with E-state index in [0.29, 0.717) is 22.7 Å². The molecule has 9 nitrogen and oxygen atoms in total. The van der Waals surface area contributed by atoms with Gasteiger partial charge in [0.25, 0.3) is 0 Å². The first-order valence-electron chi connectivity index (χ1n) is 11.4. The number of rotatable bonds is 3. The molecule has 2 unspecified atom stereocenters. The Bertz CT molecular complexity index is 1380. The van der Waals surface area contributed by atoms with E-state index < -0.39 is 29.1 Å². The largest absolute Gasteiger partial charge is 0.455 e. The van der Waals surface area contributed by atoms with E-state index in [1.165, 1.54) is 18.5 Å². The molecule has 0 spiro atoms. The van der Waals surface area contributed by atoms with Crippen LogP contribution in [0.15, 0.2) is 63.6 Å². The maximum atomic E-state index is 15.3. The Morgan fingerprint density at radius 1 is 1.19 bits per heavy atom. The summed E-state index contributed by atoms with van der Waals surface area (Å²) in [4.78, 5) is 34.7. The van der Waals surface area contributed by atoms with Gasteiger partial charge < -0.3 is 4.74 Å². The monoisotopic (exact) mass is 494 g/mol. The maximum absolute atomic E-state index is 15.3. The van der Waals surface area contributed by atoms with Gasteiger partial charge in [0.1, 0.15) is 35.8 Å². The number of ether oxygens (including phenoxy) is 1. The van der Waals surface area contributed by atoms with E-state index >= 15 is 4.48 Å². The highest BCUT2D eigenvalue weighted by Crippen LogP contribution is 2.48. The summed E-state index contributed by atoms with van der Waals surface area (Å²) in [7, 11) is 1.73. The quantitative estimate of drug-likeness (QED) is 0.479. The zero-order valence-electron chi connectivity index (χ0n) is 20.2. The first-order chi connectivity index (χ1) is 17.0. The third-order valence-corrected chi connectivity index (χ3v) is 6.23. The summed E-state index contributed by atoms with van der Waals surface area (Å²) in [6, 6.07) is 6.01. The Morgan fingerprint density at radius 3 is 2.56 bits per heavy atom. The van der Waals surface area contributed by atoms with Crippen LogP contribution in [0.25, 0.3) is 0 Å². The number of esters is 1. The van der Waals surface area contributed by atoms with Crippen molar-refractivity contribution in [1.29, 1.82) is 0 Å². The molecule has 3 heterocycles. The highest BCUT2D eigenvalue weighted by Gasteiger charge is 2.47. The zero-order valence-corrected chi connectivity index (χ0v) is 20.2. The molecule has 5 rings (SSSR count). The first kappa shape index (κ1) is 23.7. The van der Waals surface area contributed by atoms with Gasteiger partial charge in [0.2, 0.25) is 0 Å². The van der Waals surface area contributed by atoms with Crippen LogP contribution in [0.2, 0.25) is 0 Å². The number of nitrogens with zero attached hydrogens (tertiary/aromatic N) is 6. The highest BCUT2D eigenvalue weighted by molar-refractivity contribution is 6.45. The summed E-state index contributed by atoms with van der Waals surface area (Å²) in [6.07, 6.45) is 2.76. The lowest BCUT2D eigenvalue weighted by Crippen LogP contribution is -2.40. The fourth-order valence-corrected chi connectivity index (χ4v) is 4.80. The third-order valence-electron chi connectivity index (χ3n) is 6.23. The van der Waals surface area contributed by atoms with Crippen LogP contribution in [-0.2, 0) is 21.4 Å². The molecule has 11 heteroatoms. The van der Waals surface area contributed by atoms with Crippen molar-refractivity contribution < 1.29 is 23.2 Å². The number of carbonyl (C=O) groups is 2.